The molecule has 0 saturated carbocycles. The molecule has 0 fully saturated rings. The van der Waals surface area contributed by atoms with Crippen LogP contribution in [0.4, 0.5) is 0 Å². The Hall–Kier alpha value is -0.800. The van der Waals surface area contributed by atoms with E-state index in [9.17, 15) is 0 Å². The lowest BCUT2D eigenvalue weighted by Crippen LogP contribution is -2.31. The van der Waals surface area contributed by atoms with Gasteiger partial charge < -0.3 is 14.6 Å². The van der Waals surface area contributed by atoms with E-state index in [-0.39, 0.29) is 0 Å². The van der Waals surface area contributed by atoms with Crippen LogP contribution in [0.1, 0.15) is 38.5 Å². The maximum atomic E-state index is 5.34. The highest BCUT2D eigenvalue weighted by atomic mass is 16.3. The number of unbranched alkanes of at least 4 members (excludes halogenated alkanes) is 1. The summed E-state index contributed by atoms with van der Waals surface area (Å²) >= 11 is 0. The van der Waals surface area contributed by atoms with Crippen LogP contribution >= 0.6 is 0 Å². The maximum absolute atomic E-state index is 5.34. The van der Waals surface area contributed by atoms with Crippen LogP contribution < -0.4 is 5.32 Å². The highest BCUT2D eigenvalue weighted by Crippen LogP contribution is 2.11. The van der Waals surface area contributed by atoms with E-state index < -0.39 is 0 Å². The summed E-state index contributed by atoms with van der Waals surface area (Å²) in [6.07, 6.45) is 4.27. The summed E-state index contributed by atoms with van der Waals surface area (Å²) in [5, 5.41) is 3.46. The molecule has 0 bridgehead atoms. The Kier molecular flexibility index (Phi) is 6.19. The summed E-state index contributed by atoms with van der Waals surface area (Å²) in [4.78, 5) is 2.37. The van der Waals surface area contributed by atoms with Crippen molar-refractivity contribution < 1.29 is 4.42 Å². The van der Waals surface area contributed by atoms with Gasteiger partial charge in [0.2, 0.25) is 0 Å². The molecule has 3 heteroatoms. The van der Waals surface area contributed by atoms with E-state index in [4.69, 9.17) is 4.42 Å². The van der Waals surface area contributed by atoms with Gasteiger partial charge in [-0.05, 0) is 39.1 Å². The van der Waals surface area contributed by atoms with E-state index in [0.29, 0.717) is 6.04 Å². The van der Waals surface area contributed by atoms with Gasteiger partial charge in [0.25, 0.3) is 0 Å². The molecule has 0 aromatic carbocycles. The van der Waals surface area contributed by atoms with Crippen LogP contribution in [0.15, 0.2) is 22.8 Å². The van der Waals surface area contributed by atoms with Crippen LogP contribution in [0.3, 0.4) is 0 Å². The number of nitrogens with zero attached hydrogens (tertiary/aromatic N) is 1. The standard InChI is InChI=1S/C13H24N2O/c1-4-5-9-15(3)10-8-14-12(2)13-7-6-11-16-13/h6-7,11-12,14H,4-5,8-10H2,1-3H3. The number of hydrogen-bond acceptors (Lipinski definition) is 3. The number of hydrogen-bond donors (Lipinski definition) is 1. The van der Waals surface area contributed by atoms with Gasteiger partial charge in [-0.25, -0.2) is 0 Å². The molecule has 0 amide bonds. The summed E-state index contributed by atoms with van der Waals surface area (Å²) in [7, 11) is 2.18. The fraction of sp³-hybridized carbons (Fsp3) is 0.692. The molecule has 0 aliphatic heterocycles. The Morgan fingerprint density at radius 1 is 1.44 bits per heavy atom. The summed E-state index contributed by atoms with van der Waals surface area (Å²) in [5.74, 6) is 1.01. The van der Waals surface area contributed by atoms with Crippen molar-refractivity contribution >= 4 is 0 Å². The van der Waals surface area contributed by atoms with Crippen molar-refractivity contribution in [3.05, 3.63) is 24.2 Å². The Labute approximate surface area is 98.8 Å². The highest BCUT2D eigenvalue weighted by Gasteiger charge is 2.06. The van der Waals surface area contributed by atoms with E-state index in [2.05, 4.69) is 31.1 Å². The minimum atomic E-state index is 0.301. The molecular formula is C13H24N2O. The van der Waals surface area contributed by atoms with Crippen LogP contribution in [-0.2, 0) is 0 Å². The van der Waals surface area contributed by atoms with Gasteiger partial charge in [-0.15, -0.1) is 0 Å². The van der Waals surface area contributed by atoms with Gasteiger partial charge in [0, 0.05) is 13.1 Å². The third kappa shape index (κ3) is 4.81. The molecule has 92 valence electrons. The topological polar surface area (TPSA) is 28.4 Å². The first-order chi connectivity index (χ1) is 7.74. The average Bonchev–Trinajstić information content (AvgIpc) is 2.79. The van der Waals surface area contributed by atoms with Crippen LogP contribution in [0.5, 0.6) is 0 Å². The molecule has 1 rings (SSSR count). The number of furan rings is 1. The Morgan fingerprint density at radius 3 is 2.88 bits per heavy atom. The smallest absolute Gasteiger partial charge is 0.120 e. The average molecular weight is 224 g/mol. The summed E-state index contributed by atoms with van der Waals surface area (Å²) in [6, 6.07) is 4.24. The van der Waals surface area contributed by atoms with Crippen LogP contribution in [0.25, 0.3) is 0 Å². The summed E-state index contributed by atoms with van der Waals surface area (Å²) < 4.78 is 5.34. The molecule has 0 aliphatic rings. The van der Waals surface area contributed by atoms with Crippen molar-refractivity contribution in [2.45, 2.75) is 32.7 Å². The van der Waals surface area contributed by atoms with Gasteiger partial charge in [0.15, 0.2) is 0 Å². The monoisotopic (exact) mass is 224 g/mol. The zero-order chi connectivity index (χ0) is 11.8. The number of nitrogens with one attached hydrogen (secondary N) is 1. The molecule has 1 atom stereocenters. The molecule has 0 spiro atoms. The van der Waals surface area contributed by atoms with Gasteiger partial charge in [-0.1, -0.05) is 13.3 Å². The Balaban J connectivity index is 2.11. The second-order valence-corrected chi connectivity index (χ2v) is 4.35. The Morgan fingerprint density at radius 2 is 2.25 bits per heavy atom. The molecule has 0 radical (unpaired) electrons. The molecule has 1 aromatic rings. The van der Waals surface area contributed by atoms with Gasteiger partial charge in [-0.3, -0.25) is 0 Å². The molecule has 1 aromatic heterocycles. The zero-order valence-corrected chi connectivity index (χ0v) is 10.7. The van der Waals surface area contributed by atoms with Crippen LogP contribution in [-0.4, -0.2) is 31.6 Å². The minimum absolute atomic E-state index is 0.301. The number of likely N-dealkylation sites (N-methyl/N-ethyl adjacent to an activating group) is 1. The Bertz CT molecular complexity index is 259. The first-order valence-electron chi connectivity index (χ1n) is 6.19. The summed E-state index contributed by atoms with van der Waals surface area (Å²) in [6.45, 7) is 7.64. The van der Waals surface area contributed by atoms with Crippen LogP contribution in [0, 0.1) is 0 Å². The SMILES string of the molecule is CCCCN(C)CCNC(C)c1ccco1. The van der Waals surface area contributed by atoms with Gasteiger partial charge in [-0.2, -0.15) is 0 Å². The fourth-order valence-electron chi connectivity index (χ4n) is 1.65. The van der Waals surface area contributed by atoms with E-state index >= 15 is 0 Å². The van der Waals surface area contributed by atoms with Crippen molar-refractivity contribution in [1.29, 1.82) is 0 Å². The van der Waals surface area contributed by atoms with E-state index in [1.807, 2.05) is 12.1 Å². The maximum Gasteiger partial charge on any atom is 0.120 e. The van der Waals surface area contributed by atoms with Crippen molar-refractivity contribution in [2.75, 3.05) is 26.7 Å². The second kappa shape index (κ2) is 7.47. The molecule has 16 heavy (non-hydrogen) atoms. The molecule has 0 saturated heterocycles. The first kappa shape index (κ1) is 13.3. The lowest BCUT2D eigenvalue weighted by atomic mass is 10.2. The minimum Gasteiger partial charge on any atom is -0.468 e. The zero-order valence-electron chi connectivity index (χ0n) is 10.7. The predicted molar refractivity (Wildman–Crippen MR) is 67.5 cm³/mol. The van der Waals surface area contributed by atoms with Gasteiger partial charge in [0.1, 0.15) is 5.76 Å². The van der Waals surface area contributed by atoms with E-state index in [0.717, 1.165) is 18.8 Å². The van der Waals surface area contributed by atoms with Crippen molar-refractivity contribution in [3.8, 4) is 0 Å². The highest BCUT2D eigenvalue weighted by molar-refractivity contribution is 5.02. The van der Waals surface area contributed by atoms with Gasteiger partial charge >= 0.3 is 0 Å². The quantitative estimate of drug-likeness (QED) is 0.736. The lowest BCUT2D eigenvalue weighted by Gasteiger charge is -2.18. The fourth-order valence-corrected chi connectivity index (χ4v) is 1.65. The van der Waals surface area contributed by atoms with Crippen LogP contribution in [0.2, 0.25) is 0 Å². The molecule has 1 heterocycles. The number of rotatable bonds is 8. The van der Waals surface area contributed by atoms with Crippen molar-refractivity contribution in [3.63, 3.8) is 0 Å². The van der Waals surface area contributed by atoms with E-state index in [1.54, 1.807) is 6.26 Å². The second-order valence-electron chi connectivity index (χ2n) is 4.35. The van der Waals surface area contributed by atoms with Crippen molar-refractivity contribution in [1.82, 2.24) is 10.2 Å². The molecule has 0 aliphatic carbocycles. The molecule has 1 N–H and O–H groups in total. The molecular weight excluding hydrogens is 200 g/mol. The van der Waals surface area contributed by atoms with Crippen molar-refractivity contribution in [2.24, 2.45) is 0 Å². The largest absolute Gasteiger partial charge is 0.468 e. The molecule has 1 unspecified atom stereocenters. The normalized spacial score (nSPS) is 13.2. The van der Waals surface area contributed by atoms with Gasteiger partial charge in [0.05, 0.1) is 12.3 Å². The van der Waals surface area contributed by atoms with E-state index in [1.165, 1.54) is 19.4 Å². The lowest BCUT2D eigenvalue weighted by molar-refractivity contribution is 0.315. The third-order valence-corrected chi connectivity index (χ3v) is 2.81. The first-order valence-corrected chi connectivity index (χ1v) is 6.19. The predicted octanol–water partition coefficient (Wildman–Crippen LogP) is 2.66. The molecule has 3 nitrogen and oxygen atoms in total. The third-order valence-electron chi connectivity index (χ3n) is 2.81. The summed E-state index contributed by atoms with van der Waals surface area (Å²) in [5.41, 5.74) is 0.